The van der Waals surface area contributed by atoms with Gasteiger partial charge >= 0.3 is 5.97 Å². The number of likely N-dealkylation sites (tertiary alicyclic amines) is 1. The van der Waals surface area contributed by atoms with Crippen LogP contribution in [-0.4, -0.2) is 48.5 Å². The maximum atomic E-state index is 13.5. The maximum Gasteiger partial charge on any atom is 0.328 e. The summed E-state index contributed by atoms with van der Waals surface area (Å²) < 4.78 is 10.1. The van der Waals surface area contributed by atoms with E-state index in [-0.39, 0.29) is 18.4 Å². The molecular formula is C23H26N2O5. The molecule has 0 spiro atoms. The SMILES string of the molecule is COC(=O)[C@@H]1CC[C@](C)(NC(=O)c2ccccc2)C(=O)N1Cc1ccc(OC)cc1. The molecule has 1 N–H and O–H groups in total. The Bertz CT molecular complexity index is 913. The molecule has 0 bridgehead atoms. The highest BCUT2D eigenvalue weighted by molar-refractivity contribution is 6.00. The van der Waals surface area contributed by atoms with Crippen LogP contribution in [0.15, 0.2) is 54.6 Å². The summed E-state index contributed by atoms with van der Waals surface area (Å²) in [5.41, 5.74) is 0.198. The van der Waals surface area contributed by atoms with E-state index in [4.69, 9.17) is 9.47 Å². The van der Waals surface area contributed by atoms with Gasteiger partial charge in [-0.3, -0.25) is 9.59 Å². The van der Waals surface area contributed by atoms with Crippen molar-refractivity contribution in [1.82, 2.24) is 10.2 Å². The Labute approximate surface area is 176 Å². The first-order valence-electron chi connectivity index (χ1n) is 9.77. The molecule has 0 aromatic heterocycles. The minimum Gasteiger partial charge on any atom is -0.497 e. The molecule has 0 saturated carbocycles. The Balaban J connectivity index is 1.84. The number of hydrogen-bond donors (Lipinski definition) is 1. The number of piperidine rings is 1. The number of carbonyl (C=O) groups is 3. The van der Waals surface area contributed by atoms with Gasteiger partial charge in [-0.2, -0.15) is 0 Å². The monoisotopic (exact) mass is 410 g/mol. The van der Waals surface area contributed by atoms with E-state index in [9.17, 15) is 14.4 Å². The number of benzene rings is 2. The van der Waals surface area contributed by atoms with Gasteiger partial charge in [-0.15, -0.1) is 0 Å². The maximum absolute atomic E-state index is 13.5. The van der Waals surface area contributed by atoms with Crippen molar-refractivity contribution >= 4 is 17.8 Å². The Morgan fingerprint density at radius 3 is 2.37 bits per heavy atom. The van der Waals surface area contributed by atoms with Crippen LogP contribution in [-0.2, 0) is 20.9 Å². The van der Waals surface area contributed by atoms with Crippen LogP contribution in [0.2, 0.25) is 0 Å². The average molecular weight is 410 g/mol. The lowest BCUT2D eigenvalue weighted by molar-refractivity contribution is -0.160. The second kappa shape index (κ2) is 8.98. The number of methoxy groups -OCH3 is 2. The van der Waals surface area contributed by atoms with Crippen molar-refractivity contribution in [2.24, 2.45) is 0 Å². The third-order valence-corrected chi connectivity index (χ3v) is 5.44. The summed E-state index contributed by atoms with van der Waals surface area (Å²) >= 11 is 0. The van der Waals surface area contributed by atoms with Crippen LogP contribution >= 0.6 is 0 Å². The zero-order valence-electron chi connectivity index (χ0n) is 17.4. The molecule has 3 rings (SSSR count). The molecule has 2 amide bonds. The van der Waals surface area contributed by atoms with E-state index in [0.717, 1.165) is 5.56 Å². The van der Waals surface area contributed by atoms with Crippen molar-refractivity contribution in [3.63, 3.8) is 0 Å². The second-order valence-electron chi connectivity index (χ2n) is 7.51. The number of nitrogens with zero attached hydrogens (tertiary/aromatic N) is 1. The van der Waals surface area contributed by atoms with E-state index in [1.54, 1.807) is 50.4 Å². The molecule has 2 atom stereocenters. The molecule has 7 heteroatoms. The van der Waals surface area contributed by atoms with Crippen molar-refractivity contribution in [2.45, 2.75) is 37.9 Å². The Hall–Kier alpha value is -3.35. The number of nitrogens with one attached hydrogen (secondary N) is 1. The van der Waals surface area contributed by atoms with Crippen LogP contribution in [0.5, 0.6) is 5.75 Å². The smallest absolute Gasteiger partial charge is 0.328 e. The summed E-state index contributed by atoms with van der Waals surface area (Å²) in [6.45, 7) is 1.92. The molecule has 1 fully saturated rings. The summed E-state index contributed by atoms with van der Waals surface area (Å²) in [6.07, 6.45) is 0.726. The van der Waals surface area contributed by atoms with Crippen LogP contribution < -0.4 is 10.1 Å². The molecule has 1 aliphatic rings. The Morgan fingerprint density at radius 1 is 1.10 bits per heavy atom. The predicted molar refractivity (Wildman–Crippen MR) is 111 cm³/mol. The van der Waals surface area contributed by atoms with E-state index in [1.165, 1.54) is 12.0 Å². The Kier molecular flexibility index (Phi) is 6.40. The summed E-state index contributed by atoms with van der Waals surface area (Å²) in [5.74, 6) is -0.405. The van der Waals surface area contributed by atoms with Crippen LogP contribution in [0.25, 0.3) is 0 Å². The van der Waals surface area contributed by atoms with Crippen molar-refractivity contribution in [3.05, 3.63) is 65.7 Å². The zero-order valence-corrected chi connectivity index (χ0v) is 17.4. The lowest BCUT2D eigenvalue weighted by Gasteiger charge is -2.43. The molecular weight excluding hydrogens is 384 g/mol. The fourth-order valence-electron chi connectivity index (χ4n) is 3.67. The molecule has 2 aromatic carbocycles. The number of rotatable bonds is 6. The molecule has 2 aromatic rings. The normalized spacial score (nSPS) is 21.1. The van der Waals surface area contributed by atoms with Gasteiger partial charge in [-0.05, 0) is 49.6 Å². The van der Waals surface area contributed by atoms with E-state index >= 15 is 0 Å². The fraction of sp³-hybridized carbons (Fsp3) is 0.348. The van der Waals surface area contributed by atoms with Crippen LogP contribution in [0.3, 0.4) is 0 Å². The van der Waals surface area contributed by atoms with Gasteiger partial charge < -0.3 is 19.7 Å². The lowest BCUT2D eigenvalue weighted by atomic mass is 9.85. The number of esters is 1. The van der Waals surface area contributed by atoms with E-state index in [2.05, 4.69) is 5.32 Å². The summed E-state index contributed by atoms with van der Waals surface area (Å²) in [4.78, 5) is 40.0. The minimum absolute atomic E-state index is 0.222. The number of carbonyl (C=O) groups excluding carboxylic acids is 3. The van der Waals surface area contributed by atoms with Crippen molar-refractivity contribution in [3.8, 4) is 5.75 Å². The predicted octanol–water partition coefficient (Wildman–Crippen LogP) is 2.55. The van der Waals surface area contributed by atoms with Gasteiger partial charge in [0, 0.05) is 12.1 Å². The molecule has 0 aliphatic carbocycles. The van der Waals surface area contributed by atoms with Gasteiger partial charge in [0.15, 0.2) is 0 Å². The third-order valence-electron chi connectivity index (χ3n) is 5.44. The van der Waals surface area contributed by atoms with Crippen molar-refractivity contribution < 1.29 is 23.9 Å². The van der Waals surface area contributed by atoms with Gasteiger partial charge in [-0.25, -0.2) is 4.79 Å². The van der Waals surface area contributed by atoms with Gasteiger partial charge in [0.05, 0.1) is 14.2 Å². The van der Waals surface area contributed by atoms with Crippen LogP contribution in [0.1, 0.15) is 35.7 Å². The standard InChI is InChI=1S/C23H26N2O5/c1-23(24-20(26)17-7-5-4-6-8-17)14-13-19(21(27)30-3)25(22(23)28)15-16-9-11-18(29-2)12-10-16/h4-12,19H,13-15H2,1-3H3,(H,24,26)/t19-,23-/m0/s1. The number of hydrogen-bond acceptors (Lipinski definition) is 5. The van der Waals surface area contributed by atoms with Gasteiger partial charge in [0.1, 0.15) is 17.3 Å². The molecule has 1 saturated heterocycles. The molecule has 30 heavy (non-hydrogen) atoms. The zero-order chi connectivity index (χ0) is 21.7. The highest BCUT2D eigenvalue weighted by atomic mass is 16.5. The molecule has 0 radical (unpaired) electrons. The molecule has 158 valence electrons. The molecule has 7 nitrogen and oxygen atoms in total. The highest BCUT2D eigenvalue weighted by Crippen LogP contribution is 2.30. The average Bonchev–Trinajstić information content (AvgIpc) is 2.77. The van der Waals surface area contributed by atoms with Crippen LogP contribution in [0, 0.1) is 0 Å². The Morgan fingerprint density at radius 2 is 1.77 bits per heavy atom. The van der Waals surface area contributed by atoms with Crippen molar-refractivity contribution in [2.75, 3.05) is 14.2 Å². The second-order valence-corrected chi connectivity index (χ2v) is 7.51. The minimum atomic E-state index is -1.12. The first-order valence-corrected chi connectivity index (χ1v) is 9.77. The highest BCUT2D eigenvalue weighted by Gasteiger charge is 2.47. The third kappa shape index (κ3) is 4.45. The topological polar surface area (TPSA) is 84.9 Å². The van der Waals surface area contributed by atoms with Crippen LogP contribution in [0.4, 0.5) is 0 Å². The summed E-state index contributed by atoms with van der Waals surface area (Å²) in [6, 6.07) is 15.3. The number of amides is 2. The summed E-state index contributed by atoms with van der Waals surface area (Å²) in [5, 5.41) is 2.87. The molecule has 1 heterocycles. The van der Waals surface area contributed by atoms with E-state index in [0.29, 0.717) is 24.2 Å². The molecule has 1 aliphatic heterocycles. The van der Waals surface area contributed by atoms with Gasteiger partial charge in [0.25, 0.3) is 5.91 Å². The van der Waals surface area contributed by atoms with Gasteiger partial charge in [-0.1, -0.05) is 30.3 Å². The quantitative estimate of drug-likeness (QED) is 0.740. The lowest BCUT2D eigenvalue weighted by Crippen LogP contribution is -2.64. The van der Waals surface area contributed by atoms with E-state index in [1.807, 2.05) is 18.2 Å². The number of ether oxygens (including phenoxy) is 2. The summed E-state index contributed by atoms with van der Waals surface area (Å²) in [7, 11) is 2.89. The first-order chi connectivity index (χ1) is 14.4. The molecule has 0 unspecified atom stereocenters. The van der Waals surface area contributed by atoms with E-state index < -0.39 is 17.6 Å². The van der Waals surface area contributed by atoms with Gasteiger partial charge in [0.2, 0.25) is 5.91 Å². The fourth-order valence-corrected chi connectivity index (χ4v) is 3.67. The largest absolute Gasteiger partial charge is 0.497 e. The van der Waals surface area contributed by atoms with Crippen molar-refractivity contribution in [1.29, 1.82) is 0 Å². The first kappa shape index (κ1) is 21.4.